The molecule has 2 heterocycles. The number of nitrogens with two attached hydrogens (primary N) is 2. The maximum atomic E-state index is 16.2. The van der Waals surface area contributed by atoms with E-state index in [9.17, 15) is 12.8 Å². The summed E-state index contributed by atoms with van der Waals surface area (Å²) < 4.78 is 70.9. The van der Waals surface area contributed by atoms with E-state index < -0.39 is 43.6 Å². The van der Waals surface area contributed by atoms with Crippen molar-refractivity contribution in [1.82, 2.24) is 15.0 Å². The molecule has 0 saturated heterocycles. The van der Waals surface area contributed by atoms with Gasteiger partial charge in [0, 0.05) is 22.7 Å². The minimum Gasteiger partial charge on any atom is -0.368 e. The third kappa shape index (κ3) is 4.48. The Balaban J connectivity index is 1.97. The van der Waals surface area contributed by atoms with Crippen LogP contribution in [0, 0.1) is 5.82 Å². The van der Waals surface area contributed by atoms with Crippen LogP contribution in [-0.2, 0) is 21.1 Å². The molecule has 1 aliphatic rings. The van der Waals surface area contributed by atoms with E-state index in [1.165, 1.54) is 29.7 Å². The van der Waals surface area contributed by atoms with E-state index in [0.29, 0.717) is 15.6 Å². The lowest BCUT2D eigenvalue weighted by molar-refractivity contribution is 0.213. The summed E-state index contributed by atoms with van der Waals surface area (Å²) in [5.41, 5.74) is 1.97. The fraction of sp³-hybridized carbons (Fsp3) is 0.261. The van der Waals surface area contributed by atoms with Gasteiger partial charge in [0.2, 0.25) is 16.0 Å². The van der Waals surface area contributed by atoms with Crippen molar-refractivity contribution in [2.45, 2.75) is 37.1 Å². The van der Waals surface area contributed by atoms with Gasteiger partial charge in [0.1, 0.15) is 11.6 Å². The van der Waals surface area contributed by atoms with Crippen LogP contribution in [0.25, 0.3) is 21.8 Å². The van der Waals surface area contributed by atoms with Crippen LogP contribution in [0.2, 0.25) is 0 Å². The third-order valence-corrected chi connectivity index (χ3v) is 8.13. The lowest BCUT2D eigenvalue weighted by Crippen LogP contribution is -2.45. The number of allylic oxidation sites excluding steroid dienone is 3. The number of aromatic nitrogens is 3. The summed E-state index contributed by atoms with van der Waals surface area (Å²) in [5, 5.41) is 3.34. The van der Waals surface area contributed by atoms with Gasteiger partial charge in [-0.1, -0.05) is 39.0 Å². The Kier molecular flexibility index (Phi) is 6.10. The molecule has 0 radical (unpaired) electrons. The number of halogens is 3. The number of hydrogen-bond donors (Lipinski definition) is 2. The number of hydrogen-bond acceptors (Lipinski definition) is 7. The van der Waals surface area contributed by atoms with Crippen LogP contribution in [0.15, 0.2) is 54.5 Å². The standard InChI is InChI=1S/C23H22F3N5O2S2/c1-22(2,3)20-31-17(18(34-20)15-9-11-29-21(27)30-15)12-6-4-7-13(16(12)25)23(26)10-5-8-14(24)19(23)35(28,32)33/h4-11,19H,1-3H3,(H2,27,29,30)(H2,28,32,33). The summed E-state index contributed by atoms with van der Waals surface area (Å²) in [7, 11) is -4.78. The quantitative estimate of drug-likeness (QED) is 0.520. The van der Waals surface area contributed by atoms with Gasteiger partial charge in [0.05, 0.1) is 21.3 Å². The van der Waals surface area contributed by atoms with Gasteiger partial charge in [-0.25, -0.2) is 41.7 Å². The van der Waals surface area contributed by atoms with E-state index >= 15 is 8.78 Å². The molecule has 2 unspecified atom stereocenters. The van der Waals surface area contributed by atoms with Gasteiger partial charge in [0.15, 0.2) is 10.9 Å². The maximum Gasteiger partial charge on any atom is 0.222 e. The zero-order chi connectivity index (χ0) is 25.8. The van der Waals surface area contributed by atoms with E-state index in [1.807, 2.05) is 20.8 Å². The predicted octanol–water partition coefficient (Wildman–Crippen LogP) is 4.53. The van der Waals surface area contributed by atoms with Gasteiger partial charge < -0.3 is 5.73 Å². The number of anilines is 1. The zero-order valence-electron chi connectivity index (χ0n) is 19.0. The fourth-order valence-electron chi connectivity index (χ4n) is 3.79. The van der Waals surface area contributed by atoms with Crippen molar-refractivity contribution in [3.05, 3.63) is 70.9 Å². The Labute approximate surface area is 204 Å². The summed E-state index contributed by atoms with van der Waals surface area (Å²) in [6, 6.07) is 5.36. The molecular formula is C23H22F3N5O2S2. The number of primary sulfonamides is 1. The van der Waals surface area contributed by atoms with Crippen LogP contribution >= 0.6 is 11.3 Å². The molecule has 0 aliphatic heterocycles. The second-order valence-corrected chi connectivity index (χ2v) is 11.7. The number of benzene rings is 1. The van der Waals surface area contributed by atoms with Gasteiger partial charge in [-0.05, 0) is 24.3 Å². The first-order chi connectivity index (χ1) is 16.2. The smallest absolute Gasteiger partial charge is 0.222 e. The van der Waals surface area contributed by atoms with Crippen molar-refractivity contribution in [3.8, 4) is 21.8 Å². The van der Waals surface area contributed by atoms with Crippen LogP contribution in [0.4, 0.5) is 19.1 Å². The molecule has 0 saturated carbocycles. The molecule has 4 rings (SSSR count). The highest BCUT2D eigenvalue weighted by Gasteiger charge is 2.51. The number of thiazole rings is 1. The third-order valence-electron chi connectivity index (χ3n) is 5.40. The molecule has 0 spiro atoms. The van der Waals surface area contributed by atoms with Crippen LogP contribution < -0.4 is 10.9 Å². The topological polar surface area (TPSA) is 125 Å². The molecule has 2 aromatic heterocycles. The molecule has 184 valence electrons. The predicted molar refractivity (Wildman–Crippen MR) is 130 cm³/mol. The normalized spacial score (nSPS) is 20.7. The summed E-state index contributed by atoms with van der Waals surface area (Å²) in [5.74, 6) is -2.43. The van der Waals surface area contributed by atoms with E-state index in [4.69, 9.17) is 10.9 Å². The molecule has 3 aromatic rings. The molecular weight excluding hydrogens is 499 g/mol. The Morgan fingerprint density at radius 1 is 1.14 bits per heavy atom. The zero-order valence-corrected chi connectivity index (χ0v) is 20.6. The molecule has 1 aromatic carbocycles. The largest absolute Gasteiger partial charge is 0.368 e. The van der Waals surface area contributed by atoms with Crippen molar-refractivity contribution < 1.29 is 21.6 Å². The number of nitrogen functional groups attached to an aromatic ring is 1. The van der Waals surface area contributed by atoms with Crippen LogP contribution in [0.5, 0.6) is 0 Å². The molecule has 0 fully saturated rings. The average molecular weight is 522 g/mol. The molecule has 1 aliphatic carbocycles. The minimum absolute atomic E-state index is 0.00157. The highest BCUT2D eigenvalue weighted by atomic mass is 32.2. The minimum atomic E-state index is -4.78. The molecule has 2 atom stereocenters. The monoisotopic (exact) mass is 521 g/mol. The highest BCUT2D eigenvalue weighted by molar-refractivity contribution is 7.90. The molecule has 7 nitrogen and oxygen atoms in total. The van der Waals surface area contributed by atoms with Crippen molar-refractivity contribution in [1.29, 1.82) is 0 Å². The number of sulfonamides is 1. The first-order valence-corrected chi connectivity index (χ1v) is 12.8. The Morgan fingerprint density at radius 3 is 2.49 bits per heavy atom. The average Bonchev–Trinajstić information content (AvgIpc) is 3.18. The SMILES string of the molecule is CC(C)(C)c1nc(-c2cccc(C3(F)C=CC=C(F)C3S(N)(=O)=O)c2F)c(-c2ccnc(N)n2)s1. The second-order valence-electron chi connectivity index (χ2n) is 9.06. The van der Waals surface area contributed by atoms with Gasteiger partial charge in [-0.3, -0.25) is 0 Å². The highest BCUT2D eigenvalue weighted by Crippen LogP contribution is 2.46. The summed E-state index contributed by atoms with van der Waals surface area (Å²) in [4.78, 5) is 13.2. The number of nitrogens with zero attached hydrogens (tertiary/aromatic N) is 3. The van der Waals surface area contributed by atoms with E-state index in [1.54, 1.807) is 6.07 Å². The van der Waals surface area contributed by atoms with E-state index in [0.717, 1.165) is 24.3 Å². The molecule has 0 bridgehead atoms. The maximum absolute atomic E-state index is 16.2. The van der Waals surface area contributed by atoms with Crippen molar-refractivity contribution >= 4 is 27.3 Å². The molecule has 12 heteroatoms. The van der Waals surface area contributed by atoms with E-state index in [2.05, 4.69) is 15.0 Å². The Morgan fingerprint density at radius 2 is 1.86 bits per heavy atom. The fourth-order valence-corrected chi connectivity index (χ4v) is 5.97. The molecule has 0 amide bonds. The number of alkyl halides is 1. The van der Waals surface area contributed by atoms with Crippen LogP contribution in [-0.4, -0.2) is 28.6 Å². The second kappa shape index (κ2) is 8.54. The molecule has 4 N–H and O–H groups in total. The molecule has 35 heavy (non-hydrogen) atoms. The van der Waals surface area contributed by atoms with Crippen molar-refractivity contribution in [3.63, 3.8) is 0 Å². The van der Waals surface area contributed by atoms with Gasteiger partial charge >= 0.3 is 0 Å². The summed E-state index contributed by atoms with van der Waals surface area (Å²) in [6.07, 6.45) is 3.99. The summed E-state index contributed by atoms with van der Waals surface area (Å²) in [6.45, 7) is 5.78. The van der Waals surface area contributed by atoms with Crippen LogP contribution in [0.3, 0.4) is 0 Å². The van der Waals surface area contributed by atoms with Gasteiger partial charge in [-0.15, -0.1) is 11.3 Å². The summed E-state index contributed by atoms with van der Waals surface area (Å²) >= 11 is 1.26. The lowest BCUT2D eigenvalue weighted by Gasteiger charge is -2.31. The van der Waals surface area contributed by atoms with Crippen molar-refractivity contribution in [2.75, 3.05) is 5.73 Å². The Bertz CT molecular complexity index is 1480. The van der Waals surface area contributed by atoms with Gasteiger partial charge in [-0.2, -0.15) is 0 Å². The van der Waals surface area contributed by atoms with Gasteiger partial charge in [0.25, 0.3) is 0 Å². The number of rotatable bonds is 4. The van der Waals surface area contributed by atoms with E-state index in [-0.39, 0.29) is 17.2 Å². The lowest BCUT2D eigenvalue weighted by atomic mass is 9.86. The Hall–Kier alpha value is -3.09. The van der Waals surface area contributed by atoms with Crippen molar-refractivity contribution in [2.24, 2.45) is 5.14 Å². The first-order valence-electron chi connectivity index (χ1n) is 10.4. The van der Waals surface area contributed by atoms with Crippen LogP contribution in [0.1, 0.15) is 31.3 Å². The first kappa shape index (κ1) is 25.0.